The molecule has 0 saturated carbocycles. The van der Waals surface area contributed by atoms with Gasteiger partial charge in [0.05, 0.1) is 12.1 Å². The van der Waals surface area contributed by atoms with Gasteiger partial charge in [-0.3, -0.25) is 4.79 Å². The van der Waals surface area contributed by atoms with Crippen molar-refractivity contribution in [3.63, 3.8) is 0 Å². The molecule has 2 atom stereocenters. The third kappa shape index (κ3) is 2.81. The zero-order valence-electron chi connectivity index (χ0n) is 8.98. The molecule has 3 N–H and O–H groups in total. The number of hydrogen-bond acceptors (Lipinski definition) is 4. The molecule has 0 bridgehead atoms. The average Bonchev–Trinajstić information content (AvgIpc) is 2.95. The van der Waals surface area contributed by atoms with Gasteiger partial charge in [-0.25, -0.2) is 0 Å². The fourth-order valence-electron chi connectivity index (χ4n) is 1.81. The monoisotopic (exact) mass is 240 g/mol. The molecule has 0 radical (unpaired) electrons. The van der Waals surface area contributed by atoms with E-state index in [4.69, 9.17) is 0 Å². The van der Waals surface area contributed by atoms with Crippen LogP contribution in [0.1, 0.15) is 24.5 Å². The zero-order valence-corrected chi connectivity index (χ0v) is 9.80. The highest BCUT2D eigenvalue weighted by molar-refractivity contribution is 7.07. The minimum atomic E-state index is -0.600. The van der Waals surface area contributed by atoms with Gasteiger partial charge in [-0.15, -0.1) is 0 Å². The van der Waals surface area contributed by atoms with Crippen LogP contribution in [-0.2, 0) is 4.79 Å². The van der Waals surface area contributed by atoms with E-state index in [9.17, 15) is 9.90 Å². The maximum atomic E-state index is 11.6. The van der Waals surface area contributed by atoms with Gasteiger partial charge in [-0.2, -0.15) is 11.3 Å². The molecular weight excluding hydrogens is 224 g/mol. The molecule has 16 heavy (non-hydrogen) atoms. The highest BCUT2D eigenvalue weighted by Crippen LogP contribution is 2.15. The van der Waals surface area contributed by atoms with Gasteiger partial charge in [-0.1, -0.05) is 0 Å². The van der Waals surface area contributed by atoms with Crippen molar-refractivity contribution < 1.29 is 9.90 Å². The van der Waals surface area contributed by atoms with E-state index in [1.54, 1.807) is 11.3 Å². The van der Waals surface area contributed by atoms with Crippen molar-refractivity contribution >= 4 is 17.2 Å². The van der Waals surface area contributed by atoms with Crippen molar-refractivity contribution in [3.05, 3.63) is 22.4 Å². The largest absolute Gasteiger partial charge is 0.387 e. The highest BCUT2D eigenvalue weighted by Gasteiger charge is 2.22. The summed E-state index contributed by atoms with van der Waals surface area (Å²) < 4.78 is 0. The number of nitrogens with one attached hydrogen (secondary N) is 2. The minimum Gasteiger partial charge on any atom is -0.387 e. The zero-order chi connectivity index (χ0) is 11.4. The van der Waals surface area contributed by atoms with Crippen molar-refractivity contribution in [1.82, 2.24) is 10.6 Å². The molecular formula is C11H16N2O2S. The number of carbonyl (C=O) groups is 1. The van der Waals surface area contributed by atoms with E-state index in [1.807, 2.05) is 16.8 Å². The fraction of sp³-hybridized carbons (Fsp3) is 0.545. The summed E-state index contributed by atoms with van der Waals surface area (Å²) >= 11 is 1.54. The van der Waals surface area contributed by atoms with Gasteiger partial charge < -0.3 is 15.7 Å². The van der Waals surface area contributed by atoms with Crippen LogP contribution in [-0.4, -0.2) is 30.1 Å². The lowest BCUT2D eigenvalue weighted by molar-refractivity contribution is -0.123. The normalized spacial score (nSPS) is 21.9. The molecule has 0 aliphatic carbocycles. The van der Waals surface area contributed by atoms with Crippen LogP contribution in [0, 0.1) is 0 Å². The van der Waals surface area contributed by atoms with Gasteiger partial charge in [0.25, 0.3) is 0 Å². The van der Waals surface area contributed by atoms with Crippen LogP contribution in [0.3, 0.4) is 0 Å². The standard InChI is InChI=1S/C11H16N2O2S/c14-10(8-3-5-16-7-8)6-13-11(15)9-2-1-4-12-9/h3,5,7,9-10,12,14H,1-2,4,6H2,(H,13,15)/t9-,10?/m1/s1. The van der Waals surface area contributed by atoms with Crippen LogP contribution in [0.2, 0.25) is 0 Å². The first-order valence-electron chi connectivity index (χ1n) is 5.48. The van der Waals surface area contributed by atoms with Gasteiger partial charge in [-0.05, 0) is 41.8 Å². The Morgan fingerprint density at radius 1 is 1.75 bits per heavy atom. The van der Waals surface area contributed by atoms with Gasteiger partial charge >= 0.3 is 0 Å². The van der Waals surface area contributed by atoms with E-state index in [2.05, 4.69) is 10.6 Å². The summed E-state index contributed by atoms with van der Waals surface area (Å²) in [7, 11) is 0. The van der Waals surface area contributed by atoms with Crippen LogP contribution in [0.4, 0.5) is 0 Å². The molecule has 5 heteroatoms. The summed E-state index contributed by atoms with van der Waals surface area (Å²) in [4.78, 5) is 11.6. The van der Waals surface area contributed by atoms with E-state index in [0.29, 0.717) is 0 Å². The molecule has 1 aliphatic heterocycles. The Morgan fingerprint density at radius 2 is 2.62 bits per heavy atom. The van der Waals surface area contributed by atoms with Crippen LogP contribution in [0.5, 0.6) is 0 Å². The molecule has 2 rings (SSSR count). The Balaban J connectivity index is 1.76. The molecule has 1 aliphatic rings. The summed E-state index contributed by atoms with van der Waals surface area (Å²) in [6.07, 6.45) is 1.34. The molecule has 1 unspecified atom stereocenters. The van der Waals surface area contributed by atoms with Crippen molar-refractivity contribution in [1.29, 1.82) is 0 Å². The second-order valence-electron chi connectivity index (χ2n) is 3.97. The Morgan fingerprint density at radius 3 is 3.25 bits per heavy atom. The van der Waals surface area contributed by atoms with Gasteiger partial charge in [0.2, 0.25) is 5.91 Å². The third-order valence-corrected chi connectivity index (χ3v) is 3.48. The summed E-state index contributed by atoms with van der Waals surface area (Å²) in [5.41, 5.74) is 0.865. The molecule has 2 heterocycles. The predicted molar refractivity (Wildman–Crippen MR) is 63.3 cm³/mol. The first-order valence-corrected chi connectivity index (χ1v) is 6.43. The second-order valence-corrected chi connectivity index (χ2v) is 4.75. The van der Waals surface area contributed by atoms with Crippen molar-refractivity contribution in [2.24, 2.45) is 0 Å². The lowest BCUT2D eigenvalue weighted by Gasteiger charge is -2.14. The van der Waals surface area contributed by atoms with E-state index in [-0.39, 0.29) is 18.5 Å². The predicted octanol–water partition coefficient (Wildman–Crippen LogP) is 0.650. The first kappa shape index (κ1) is 11.6. The van der Waals surface area contributed by atoms with Crippen molar-refractivity contribution in [3.8, 4) is 0 Å². The number of amides is 1. The molecule has 1 aromatic rings. The molecule has 0 aromatic carbocycles. The maximum Gasteiger partial charge on any atom is 0.237 e. The number of aliphatic hydroxyl groups excluding tert-OH is 1. The number of carbonyl (C=O) groups excluding carboxylic acids is 1. The summed E-state index contributed by atoms with van der Waals surface area (Å²) in [5, 5.41) is 19.5. The highest BCUT2D eigenvalue weighted by atomic mass is 32.1. The maximum absolute atomic E-state index is 11.6. The summed E-state index contributed by atoms with van der Waals surface area (Å²) in [5.74, 6) is -0.00761. The Hall–Kier alpha value is -0.910. The van der Waals surface area contributed by atoms with E-state index >= 15 is 0 Å². The minimum absolute atomic E-state index is 0.00761. The van der Waals surface area contributed by atoms with Gasteiger partial charge in [0.15, 0.2) is 0 Å². The third-order valence-electron chi connectivity index (χ3n) is 2.77. The van der Waals surface area contributed by atoms with Crippen LogP contribution in [0.15, 0.2) is 16.8 Å². The molecule has 1 fully saturated rings. The second kappa shape index (κ2) is 5.43. The SMILES string of the molecule is O=C(NCC(O)c1ccsc1)[C@H]1CCCN1. The fourth-order valence-corrected chi connectivity index (χ4v) is 2.52. The lowest BCUT2D eigenvalue weighted by atomic mass is 10.2. The summed E-state index contributed by atoms with van der Waals surface area (Å²) in [6, 6.07) is 1.80. The van der Waals surface area contributed by atoms with Gasteiger partial charge in [0, 0.05) is 6.54 Å². The van der Waals surface area contributed by atoms with Crippen LogP contribution < -0.4 is 10.6 Å². The molecule has 1 aromatic heterocycles. The molecule has 0 spiro atoms. The van der Waals surface area contributed by atoms with Crippen molar-refractivity contribution in [2.45, 2.75) is 25.0 Å². The van der Waals surface area contributed by atoms with Crippen LogP contribution >= 0.6 is 11.3 Å². The number of rotatable bonds is 4. The van der Waals surface area contributed by atoms with E-state index < -0.39 is 6.10 Å². The summed E-state index contributed by atoms with van der Waals surface area (Å²) in [6.45, 7) is 1.19. The lowest BCUT2D eigenvalue weighted by Crippen LogP contribution is -2.41. The average molecular weight is 240 g/mol. The first-order chi connectivity index (χ1) is 7.77. The number of hydrogen-bond donors (Lipinski definition) is 3. The molecule has 1 saturated heterocycles. The quantitative estimate of drug-likeness (QED) is 0.724. The number of thiophene rings is 1. The molecule has 88 valence electrons. The molecule has 1 amide bonds. The Bertz CT molecular complexity index is 334. The van der Waals surface area contributed by atoms with Gasteiger partial charge in [0.1, 0.15) is 0 Å². The van der Waals surface area contributed by atoms with Crippen LogP contribution in [0.25, 0.3) is 0 Å². The Kier molecular flexibility index (Phi) is 3.93. The van der Waals surface area contributed by atoms with E-state index in [0.717, 1.165) is 24.9 Å². The smallest absolute Gasteiger partial charge is 0.237 e. The van der Waals surface area contributed by atoms with E-state index in [1.165, 1.54) is 0 Å². The molecule has 4 nitrogen and oxygen atoms in total. The number of aliphatic hydroxyl groups is 1. The van der Waals surface area contributed by atoms with Crippen molar-refractivity contribution in [2.75, 3.05) is 13.1 Å². The topological polar surface area (TPSA) is 61.4 Å². The Labute approximate surface area is 98.7 Å².